The molecule has 1 fully saturated rings. The molecule has 208 valence electrons. The number of phenolic OH excluding ortho intramolecular Hbond substituents is 2. The molecule has 6 N–H and O–H groups in total. The zero-order chi connectivity index (χ0) is 28.4. The van der Waals surface area contributed by atoms with Crippen LogP contribution in [-0.2, 0) is 20.7 Å². The summed E-state index contributed by atoms with van der Waals surface area (Å²) >= 11 is 0. The summed E-state index contributed by atoms with van der Waals surface area (Å²) in [6, 6.07) is 3.25. The van der Waals surface area contributed by atoms with Gasteiger partial charge in [0.2, 0.25) is 12.6 Å². The lowest BCUT2D eigenvalue weighted by atomic mass is 9.72. The highest BCUT2D eigenvalue weighted by atomic mass is 19.1. The highest BCUT2D eigenvalue weighted by Gasteiger charge is 2.49. The second-order valence-corrected chi connectivity index (χ2v) is 10.2. The van der Waals surface area contributed by atoms with Gasteiger partial charge in [0.25, 0.3) is 0 Å². The molecule has 2 aromatic rings. The van der Waals surface area contributed by atoms with Gasteiger partial charge in [-0.3, -0.25) is 14.4 Å². The van der Waals surface area contributed by atoms with Gasteiger partial charge in [-0.05, 0) is 19.9 Å². The molecule has 11 nitrogen and oxygen atoms in total. The van der Waals surface area contributed by atoms with Gasteiger partial charge >= 0.3 is 0 Å². The number of nitrogens with two attached hydrogens (primary N) is 1. The number of aliphatic hydroxyl groups is 2. The fourth-order valence-corrected chi connectivity index (χ4v) is 5.67. The number of fused-ring (bicyclic) bond motifs is 3. The average Bonchev–Trinajstić information content (AvgIpc) is 2.87. The van der Waals surface area contributed by atoms with Crippen molar-refractivity contribution >= 4 is 17.3 Å². The Morgan fingerprint density at radius 2 is 1.87 bits per heavy atom. The van der Waals surface area contributed by atoms with Crippen molar-refractivity contribution in [2.75, 3.05) is 6.86 Å². The van der Waals surface area contributed by atoms with Gasteiger partial charge < -0.3 is 40.4 Å². The highest BCUT2D eigenvalue weighted by molar-refractivity contribution is 6.31. The largest absolute Gasteiger partial charge is 0.507 e. The zero-order valence-corrected chi connectivity index (χ0v) is 21.1. The lowest BCUT2D eigenvalue weighted by Crippen LogP contribution is -2.52. The third kappa shape index (κ3) is 4.19. The molecule has 0 saturated carbocycles. The first-order valence-corrected chi connectivity index (χ1v) is 12.4. The molecule has 0 amide bonds. The van der Waals surface area contributed by atoms with E-state index in [2.05, 4.69) is 0 Å². The first-order valence-electron chi connectivity index (χ1n) is 12.4. The molecule has 5 rings (SSSR count). The topological polar surface area (TPSA) is 186 Å². The number of ether oxygens (including phenoxy) is 3. The Bertz CT molecular complexity index is 1380. The van der Waals surface area contributed by atoms with E-state index < -0.39 is 89.5 Å². The SMILES string of the molecule is CC(=O)[C@]1(O)Cc2c(O)c3c(c(O)c2[C@@H](OC2CC(N)C(O)C(C)O2)C1)C(=O)c1c(OCF)cccc1C3=O. The van der Waals surface area contributed by atoms with E-state index >= 15 is 0 Å². The second-order valence-electron chi connectivity index (χ2n) is 10.2. The molecule has 2 aliphatic carbocycles. The number of Topliss-reactive ketones (excluding diaryl/α,β-unsaturated/α-hetero) is 1. The van der Waals surface area contributed by atoms with E-state index in [1.807, 2.05) is 0 Å². The number of hydrogen-bond acceptors (Lipinski definition) is 11. The molecular formula is C27H28FNO10. The van der Waals surface area contributed by atoms with Crippen molar-refractivity contribution in [1.29, 1.82) is 0 Å². The predicted octanol–water partition coefficient (Wildman–Crippen LogP) is 1.33. The molecule has 6 atom stereocenters. The molecule has 12 heteroatoms. The lowest BCUT2D eigenvalue weighted by molar-refractivity contribution is -0.247. The quantitative estimate of drug-likeness (QED) is 0.291. The minimum Gasteiger partial charge on any atom is -0.507 e. The maximum Gasteiger partial charge on any atom is 0.228 e. The number of carbonyl (C=O) groups is 3. The van der Waals surface area contributed by atoms with E-state index in [0.29, 0.717) is 0 Å². The van der Waals surface area contributed by atoms with Gasteiger partial charge in [0.05, 0.1) is 35.0 Å². The second kappa shape index (κ2) is 9.65. The number of aromatic hydroxyl groups is 2. The summed E-state index contributed by atoms with van der Waals surface area (Å²) in [5.41, 5.74) is 2.21. The van der Waals surface area contributed by atoms with Gasteiger partial charge in [0.1, 0.15) is 22.8 Å². The maximum atomic E-state index is 13.6. The van der Waals surface area contributed by atoms with Crippen LogP contribution in [0.5, 0.6) is 17.2 Å². The minimum absolute atomic E-state index is 0.0300. The van der Waals surface area contributed by atoms with Crippen LogP contribution in [0.2, 0.25) is 0 Å². The van der Waals surface area contributed by atoms with Gasteiger partial charge in [-0.25, -0.2) is 4.39 Å². The van der Waals surface area contributed by atoms with E-state index in [-0.39, 0.29) is 40.8 Å². The van der Waals surface area contributed by atoms with Crippen molar-refractivity contribution in [3.63, 3.8) is 0 Å². The highest BCUT2D eigenvalue weighted by Crippen LogP contribution is 2.52. The molecule has 0 aromatic heterocycles. The monoisotopic (exact) mass is 545 g/mol. The number of aliphatic hydroxyl groups excluding tert-OH is 1. The number of rotatable bonds is 5. The molecule has 4 unspecified atom stereocenters. The van der Waals surface area contributed by atoms with Crippen molar-refractivity contribution in [2.45, 2.75) is 69.4 Å². The maximum absolute atomic E-state index is 13.6. The van der Waals surface area contributed by atoms with Crippen LogP contribution < -0.4 is 10.5 Å². The Kier molecular flexibility index (Phi) is 6.72. The minimum atomic E-state index is -2.04. The van der Waals surface area contributed by atoms with Crippen LogP contribution in [0.4, 0.5) is 4.39 Å². The molecule has 0 bridgehead atoms. The smallest absolute Gasteiger partial charge is 0.228 e. The third-order valence-corrected chi connectivity index (χ3v) is 7.79. The summed E-state index contributed by atoms with van der Waals surface area (Å²) in [5, 5.41) is 44.1. The Labute approximate surface area is 221 Å². The van der Waals surface area contributed by atoms with Crippen LogP contribution in [0.3, 0.4) is 0 Å². The summed E-state index contributed by atoms with van der Waals surface area (Å²) in [6.45, 7) is 1.46. The molecule has 0 radical (unpaired) electrons. The zero-order valence-electron chi connectivity index (χ0n) is 21.1. The van der Waals surface area contributed by atoms with Gasteiger partial charge in [-0.2, -0.15) is 0 Å². The standard InChI is InChI=1S/C27H28FNO10/c1-10-22(31)14(29)6-17(38-10)39-16-8-27(36,11(2)30)7-13-19(16)26(35)21-20(24(13)33)23(32)12-4-3-5-15(37-9-28)18(12)25(21)34/h3-5,10,14,16-17,22,31,33,35-36H,6-9,29H2,1-2H3/t10?,14?,16-,17?,22?,27-/m0/s1. The number of alkyl halides is 1. The third-order valence-electron chi connectivity index (χ3n) is 7.79. The molecule has 2 aromatic carbocycles. The summed E-state index contributed by atoms with van der Waals surface area (Å²) in [5.74, 6) is -3.98. The molecule has 1 saturated heterocycles. The summed E-state index contributed by atoms with van der Waals surface area (Å²) in [7, 11) is 0. The van der Waals surface area contributed by atoms with Crippen LogP contribution in [0.1, 0.15) is 75.8 Å². The molecule has 1 aliphatic heterocycles. The van der Waals surface area contributed by atoms with E-state index in [4.69, 9.17) is 19.9 Å². The van der Waals surface area contributed by atoms with Crippen molar-refractivity contribution in [2.24, 2.45) is 5.73 Å². The molecule has 1 heterocycles. The predicted molar refractivity (Wildman–Crippen MR) is 130 cm³/mol. The van der Waals surface area contributed by atoms with Gasteiger partial charge in [0.15, 0.2) is 17.9 Å². The Morgan fingerprint density at radius 3 is 2.51 bits per heavy atom. The van der Waals surface area contributed by atoms with Crippen LogP contribution in [-0.4, -0.2) is 74.8 Å². The fraction of sp³-hybridized carbons (Fsp3) is 0.444. The van der Waals surface area contributed by atoms with Crippen LogP contribution in [0, 0.1) is 0 Å². The number of hydrogen-bond donors (Lipinski definition) is 5. The van der Waals surface area contributed by atoms with Crippen molar-refractivity contribution in [3.05, 3.63) is 51.6 Å². The number of carbonyl (C=O) groups excluding carboxylic acids is 3. The van der Waals surface area contributed by atoms with Crippen LogP contribution in [0.25, 0.3) is 0 Å². The summed E-state index contributed by atoms with van der Waals surface area (Å²) < 4.78 is 29.6. The van der Waals surface area contributed by atoms with Gasteiger partial charge in [0, 0.05) is 42.0 Å². The van der Waals surface area contributed by atoms with Crippen molar-refractivity contribution < 1.29 is 53.4 Å². The Balaban J connectivity index is 1.68. The summed E-state index contributed by atoms with van der Waals surface area (Å²) in [6.07, 6.45) is -4.82. The lowest BCUT2D eigenvalue weighted by Gasteiger charge is -2.42. The number of benzene rings is 2. The van der Waals surface area contributed by atoms with Crippen LogP contribution in [0.15, 0.2) is 18.2 Å². The van der Waals surface area contributed by atoms with E-state index in [0.717, 1.165) is 6.92 Å². The summed E-state index contributed by atoms with van der Waals surface area (Å²) in [4.78, 5) is 39.6. The normalized spacial score (nSPS) is 29.8. The van der Waals surface area contributed by atoms with Crippen molar-refractivity contribution in [3.8, 4) is 17.2 Å². The first-order chi connectivity index (χ1) is 18.4. The Hall–Kier alpha value is -3.42. The van der Waals surface area contributed by atoms with Crippen LogP contribution >= 0.6 is 0 Å². The molecule has 39 heavy (non-hydrogen) atoms. The van der Waals surface area contributed by atoms with E-state index in [1.165, 1.54) is 18.2 Å². The fourth-order valence-electron chi connectivity index (χ4n) is 5.67. The van der Waals surface area contributed by atoms with Gasteiger partial charge in [-0.15, -0.1) is 0 Å². The molecule has 3 aliphatic rings. The van der Waals surface area contributed by atoms with E-state index in [9.17, 15) is 39.2 Å². The molecule has 0 spiro atoms. The number of ketones is 3. The number of halogens is 1. The van der Waals surface area contributed by atoms with Gasteiger partial charge in [-0.1, -0.05) is 12.1 Å². The van der Waals surface area contributed by atoms with E-state index in [1.54, 1.807) is 6.92 Å². The van der Waals surface area contributed by atoms with Crippen molar-refractivity contribution in [1.82, 2.24) is 0 Å². The first kappa shape index (κ1) is 27.2. The Morgan fingerprint density at radius 1 is 1.18 bits per heavy atom. The number of phenols is 2. The molecular weight excluding hydrogens is 517 g/mol. The average molecular weight is 546 g/mol.